The van der Waals surface area contributed by atoms with Gasteiger partial charge in [0.15, 0.2) is 0 Å². The van der Waals surface area contributed by atoms with Crippen LogP contribution in [0.2, 0.25) is 0 Å². The lowest BCUT2D eigenvalue weighted by molar-refractivity contribution is -0.142. The minimum atomic E-state index is -5.00. The Kier molecular flexibility index (Phi) is 5.06. The second kappa shape index (κ2) is 7.19. The molecular formula is C16H11F6N5O. The van der Waals surface area contributed by atoms with Gasteiger partial charge in [-0.3, -0.25) is 0 Å². The number of nitrogens with zero attached hydrogens (tertiary/aromatic N) is 4. The van der Waals surface area contributed by atoms with Crippen molar-refractivity contribution in [1.29, 1.82) is 0 Å². The molecule has 12 heteroatoms. The van der Waals surface area contributed by atoms with Gasteiger partial charge in [-0.1, -0.05) is 12.1 Å². The molecule has 0 aliphatic heterocycles. The van der Waals surface area contributed by atoms with Gasteiger partial charge in [0, 0.05) is 11.9 Å². The summed E-state index contributed by atoms with van der Waals surface area (Å²) in [4.78, 5) is 6.94. The third kappa shape index (κ3) is 4.11. The maximum absolute atomic E-state index is 13.2. The number of aliphatic hydroxyl groups excluding tert-OH is 1. The summed E-state index contributed by atoms with van der Waals surface area (Å²) in [5.74, 6) is -0.00747. The third-order valence-electron chi connectivity index (χ3n) is 3.76. The zero-order valence-corrected chi connectivity index (χ0v) is 13.8. The van der Waals surface area contributed by atoms with Gasteiger partial charge in [0.1, 0.15) is 5.69 Å². The fourth-order valence-electron chi connectivity index (χ4n) is 2.55. The molecule has 2 aromatic heterocycles. The number of aliphatic hydroxyl groups is 1. The van der Waals surface area contributed by atoms with Crippen LogP contribution in [0.4, 0.5) is 32.3 Å². The van der Waals surface area contributed by atoms with E-state index in [9.17, 15) is 31.4 Å². The highest BCUT2D eigenvalue weighted by Crippen LogP contribution is 2.38. The number of halogens is 6. The monoisotopic (exact) mass is 403 g/mol. The lowest BCUT2D eigenvalue weighted by Crippen LogP contribution is -2.17. The molecule has 1 aromatic carbocycles. The van der Waals surface area contributed by atoms with Crippen molar-refractivity contribution in [3.63, 3.8) is 0 Å². The molecule has 1 unspecified atom stereocenters. The predicted molar refractivity (Wildman–Crippen MR) is 85.0 cm³/mol. The average Bonchev–Trinajstić information content (AvgIpc) is 2.64. The molecule has 0 spiro atoms. The Morgan fingerprint density at radius 2 is 1.79 bits per heavy atom. The van der Waals surface area contributed by atoms with E-state index in [1.165, 1.54) is 12.4 Å². The topological polar surface area (TPSA) is 83.8 Å². The van der Waals surface area contributed by atoms with Gasteiger partial charge in [0.25, 0.3) is 0 Å². The van der Waals surface area contributed by atoms with Crippen molar-refractivity contribution >= 4 is 16.9 Å². The first-order chi connectivity index (χ1) is 13.1. The zero-order valence-electron chi connectivity index (χ0n) is 13.8. The number of anilines is 1. The molecule has 3 rings (SSSR count). The van der Waals surface area contributed by atoms with Crippen molar-refractivity contribution in [3.05, 3.63) is 53.5 Å². The number of hydrogen-bond donors (Lipinski definition) is 2. The van der Waals surface area contributed by atoms with Gasteiger partial charge in [0.2, 0.25) is 5.95 Å². The van der Waals surface area contributed by atoms with Crippen LogP contribution >= 0.6 is 0 Å². The predicted octanol–water partition coefficient (Wildman–Crippen LogP) is 3.60. The van der Waals surface area contributed by atoms with E-state index in [2.05, 4.69) is 25.5 Å². The quantitative estimate of drug-likeness (QED) is 0.648. The summed E-state index contributed by atoms with van der Waals surface area (Å²) in [6.07, 6.45) is -8.94. The maximum atomic E-state index is 13.2. The maximum Gasteiger partial charge on any atom is 0.433 e. The van der Waals surface area contributed by atoms with E-state index in [-0.39, 0.29) is 23.4 Å². The van der Waals surface area contributed by atoms with Gasteiger partial charge >= 0.3 is 12.4 Å². The van der Waals surface area contributed by atoms with Crippen LogP contribution in [-0.2, 0) is 12.4 Å². The Morgan fingerprint density at radius 1 is 1.04 bits per heavy atom. The Hall–Kier alpha value is -3.02. The van der Waals surface area contributed by atoms with Gasteiger partial charge in [-0.15, -0.1) is 5.10 Å². The molecule has 3 aromatic rings. The van der Waals surface area contributed by atoms with Crippen LogP contribution in [0.25, 0.3) is 10.9 Å². The molecule has 1 atom stereocenters. The van der Waals surface area contributed by atoms with Crippen LogP contribution in [-0.4, -0.2) is 31.8 Å². The molecule has 6 nitrogen and oxygen atoms in total. The zero-order chi connectivity index (χ0) is 20.5. The van der Waals surface area contributed by atoms with Crippen LogP contribution in [0.5, 0.6) is 0 Å². The number of hydrogen-bond acceptors (Lipinski definition) is 6. The second-order valence-electron chi connectivity index (χ2n) is 5.66. The molecule has 0 amide bonds. The largest absolute Gasteiger partial charge is 0.433 e. The molecule has 0 radical (unpaired) electrons. The smallest absolute Gasteiger partial charge is 0.387 e. The normalized spacial score (nSPS) is 13.5. The van der Waals surface area contributed by atoms with E-state index in [0.717, 1.165) is 12.1 Å². The van der Waals surface area contributed by atoms with E-state index in [1.807, 2.05) is 0 Å². The van der Waals surface area contributed by atoms with Crippen molar-refractivity contribution in [2.75, 3.05) is 11.9 Å². The Morgan fingerprint density at radius 3 is 2.39 bits per heavy atom. The van der Waals surface area contributed by atoms with Crippen LogP contribution in [0.3, 0.4) is 0 Å². The molecule has 0 saturated carbocycles. The summed E-state index contributed by atoms with van der Waals surface area (Å²) in [6, 6.07) is 3.36. The summed E-state index contributed by atoms with van der Waals surface area (Å²) in [7, 11) is 0. The second-order valence-corrected chi connectivity index (χ2v) is 5.66. The van der Waals surface area contributed by atoms with Crippen LogP contribution in [0.1, 0.15) is 22.9 Å². The first-order valence-corrected chi connectivity index (χ1v) is 7.71. The fourth-order valence-corrected chi connectivity index (χ4v) is 2.55. The highest BCUT2D eigenvalue weighted by atomic mass is 19.4. The Labute approximate surface area is 153 Å². The van der Waals surface area contributed by atoms with Crippen LogP contribution in [0, 0.1) is 0 Å². The first kappa shape index (κ1) is 19.7. The average molecular weight is 403 g/mol. The molecule has 28 heavy (non-hydrogen) atoms. The van der Waals surface area contributed by atoms with Gasteiger partial charge in [-0.25, -0.2) is 9.97 Å². The SMILES string of the molecule is OC(CNc1nccnn1)c1cc(C(F)(F)F)nc2c(C(F)(F)F)cccc12. The molecule has 0 aliphatic carbocycles. The number of fused-ring (bicyclic) bond motifs is 1. The van der Waals surface area contributed by atoms with Gasteiger partial charge in [-0.05, 0) is 17.7 Å². The van der Waals surface area contributed by atoms with E-state index < -0.39 is 35.2 Å². The lowest BCUT2D eigenvalue weighted by Gasteiger charge is -2.18. The summed E-state index contributed by atoms with van der Waals surface area (Å²) >= 11 is 0. The molecular weight excluding hydrogens is 392 g/mol. The van der Waals surface area contributed by atoms with Crippen molar-refractivity contribution in [2.45, 2.75) is 18.5 Å². The number of para-hydroxylation sites is 1. The number of nitrogens with one attached hydrogen (secondary N) is 1. The molecule has 0 fully saturated rings. The number of rotatable bonds is 4. The standard InChI is InChI=1S/C16H11F6N5O/c17-15(18,19)10-3-1-2-8-9(6-12(16(20,21)22)26-13(8)10)11(28)7-24-14-23-4-5-25-27-14/h1-6,11,28H,7H2,(H,23,24,27). The summed E-state index contributed by atoms with van der Waals surface area (Å²) in [5, 5.41) is 19.8. The van der Waals surface area contributed by atoms with Gasteiger partial charge in [-0.2, -0.15) is 31.4 Å². The summed E-state index contributed by atoms with van der Waals surface area (Å²) in [6.45, 7) is -0.363. The lowest BCUT2D eigenvalue weighted by atomic mass is 9.99. The van der Waals surface area contributed by atoms with E-state index in [4.69, 9.17) is 0 Å². The molecule has 148 valence electrons. The number of benzene rings is 1. The molecule has 0 aliphatic rings. The Bertz CT molecular complexity index is 977. The van der Waals surface area contributed by atoms with Crippen molar-refractivity contribution in [3.8, 4) is 0 Å². The highest BCUT2D eigenvalue weighted by Gasteiger charge is 2.37. The van der Waals surface area contributed by atoms with E-state index >= 15 is 0 Å². The van der Waals surface area contributed by atoms with Crippen LogP contribution in [0.15, 0.2) is 36.7 Å². The minimum Gasteiger partial charge on any atom is -0.387 e. The van der Waals surface area contributed by atoms with Gasteiger partial charge in [0.05, 0.1) is 29.6 Å². The third-order valence-corrected chi connectivity index (χ3v) is 3.76. The minimum absolute atomic E-state index is 0.00747. The first-order valence-electron chi connectivity index (χ1n) is 7.71. The number of alkyl halides is 6. The van der Waals surface area contributed by atoms with Crippen LogP contribution < -0.4 is 5.32 Å². The number of aromatic nitrogens is 4. The molecule has 2 heterocycles. The van der Waals surface area contributed by atoms with Crippen molar-refractivity contribution < 1.29 is 31.4 Å². The molecule has 2 N–H and O–H groups in total. The van der Waals surface area contributed by atoms with Crippen molar-refractivity contribution in [2.24, 2.45) is 0 Å². The molecule has 0 bridgehead atoms. The molecule has 0 saturated heterocycles. The highest BCUT2D eigenvalue weighted by molar-refractivity contribution is 5.86. The van der Waals surface area contributed by atoms with E-state index in [0.29, 0.717) is 12.1 Å². The Balaban J connectivity index is 2.09. The summed E-state index contributed by atoms with van der Waals surface area (Å²) < 4.78 is 79.2. The van der Waals surface area contributed by atoms with E-state index in [1.54, 1.807) is 0 Å². The summed E-state index contributed by atoms with van der Waals surface area (Å²) in [5.41, 5.74) is -4.12. The van der Waals surface area contributed by atoms with Gasteiger partial charge < -0.3 is 10.4 Å². The fraction of sp³-hybridized carbons (Fsp3) is 0.250. The van der Waals surface area contributed by atoms with Crippen molar-refractivity contribution in [1.82, 2.24) is 20.2 Å². The number of pyridine rings is 1.